The van der Waals surface area contributed by atoms with Gasteiger partial charge in [0, 0.05) is 11.6 Å². The molecule has 0 unspecified atom stereocenters. The smallest absolute Gasteiger partial charge is 0.201 e. The van der Waals surface area contributed by atoms with Crippen molar-refractivity contribution in [3.05, 3.63) is 76.0 Å². The maximum atomic E-state index is 2.46. The van der Waals surface area contributed by atoms with Gasteiger partial charge in [-0.25, -0.2) is 4.57 Å². The zero-order valence-electron chi connectivity index (χ0n) is 15.3. The molecule has 25 heavy (non-hydrogen) atoms. The van der Waals surface area contributed by atoms with Crippen molar-refractivity contribution in [3.8, 4) is 22.4 Å². The van der Waals surface area contributed by atoms with Crippen LogP contribution in [0.5, 0.6) is 0 Å². The van der Waals surface area contributed by atoms with E-state index in [4.69, 9.17) is 0 Å². The summed E-state index contributed by atoms with van der Waals surface area (Å²) in [4.78, 5) is 0. The minimum absolute atomic E-state index is 1.06. The summed E-state index contributed by atoms with van der Waals surface area (Å²) in [5.74, 6) is 0. The quantitative estimate of drug-likeness (QED) is 0.440. The van der Waals surface area contributed by atoms with Crippen molar-refractivity contribution >= 4 is 0 Å². The summed E-state index contributed by atoms with van der Waals surface area (Å²) in [7, 11) is 2.21. The first-order chi connectivity index (χ1) is 12.1. The van der Waals surface area contributed by atoms with Crippen LogP contribution in [-0.2, 0) is 26.3 Å². The minimum atomic E-state index is 1.06. The van der Waals surface area contributed by atoms with Gasteiger partial charge in [0.25, 0.3) is 0 Å². The molecule has 0 N–H and O–H groups in total. The topological polar surface area (TPSA) is 3.88 Å². The summed E-state index contributed by atoms with van der Waals surface area (Å²) >= 11 is 0. The van der Waals surface area contributed by atoms with Crippen molar-refractivity contribution in [2.24, 2.45) is 7.05 Å². The summed E-state index contributed by atoms with van der Waals surface area (Å²) in [5.41, 5.74) is 14.6. The van der Waals surface area contributed by atoms with E-state index in [0.29, 0.717) is 0 Å². The van der Waals surface area contributed by atoms with E-state index in [-0.39, 0.29) is 0 Å². The van der Waals surface area contributed by atoms with Gasteiger partial charge in [0.05, 0.1) is 5.56 Å². The van der Waals surface area contributed by atoms with Crippen LogP contribution in [-0.4, -0.2) is 0 Å². The van der Waals surface area contributed by atoms with Crippen LogP contribution in [0.3, 0.4) is 0 Å². The highest BCUT2D eigenvalue weighted by Gasteiger charge is 2.28. The molecule has 0 fully saturated rings. The Labute approximate surface area is 150 Å². The largest absolute Gasteiger partial charge is 0.213 e. The molecule has 2 aromatic carbocycles. The van der Waals surface area contributed by atoms with Gasteiger partial charge in [-0.05, 0) is 78.5 Å². The number of pyridine rings is 1. The number of fused-ring (bicyclic) bond motifs is 4. The van der Waals surface area contributed by atoms with Crippen LogP contribution in [0.1, 0.15) is 39.8 Å². The van der Waals surface area contributed by atoms with Crippen LogP contribution in [0.2, 0.25) is 0 Å². The highest BCUT2D eigenvalue weighted by molar-refractivity contribution is 5.86. The summed E-state index contributed by atoms with van der Waals surface area (Å²) in [6, 6.07) is 13.8. The second-order valence-electron chi connectivity index (χ2n) is 7.74. The summed E-state index contributed by atoms with van der Waals surface area (Å²) in [6.45, 7) is 4.50. The lowest BCUT2D eigenvalue weighted by molar-refractivity contribution is -0.660. The molecule has 0 saturated carbocycles. The predicted molar refractivity (Wildman–Crippen MR) is 103 cm³/mol. The molecule has 2 aliphatic rings. The SMILES string of the molecule is Cc1cccc2c1-c1ccc(C)c(-c3cc4c(c[n+]3C)CCC4)c1C2. The van der Waals surface area contributed by atoms with Crippen LogP contribution in [0.4, 0.5) is 0 Å². The summed E-state index contributed by atoms with van der Waals surface area (Å²) in [6.07, 6.45) is 7.19. The van der Waals surface area contributed by atoms with E-state index in [1.165, 1.54) is 69.5 Å². The maximum Gasteiger partial charge on any atom is 0.213 e. The number of hydrogen-bond donors (Lipinski definition) is 0. The number of aryl methyl sites for hydroxylation is 5. The van der Waals surface area contributed by atoms with Crippen molar-refractivity contribution in [2.45, 2.75) is 39.5 Å². The number of nitrogens with zero attached hydrogens (tertiary/aromatic N) is 1. The van der Waals surface area contributed by atoms with Gasteiger partial charge in [0.2, 0.25) is 5.69 Å². The number of hydrogen-bond acceptors (Lipinski definition) is 0. The summed E-state index contributed by atoms with van der Waals surface area (Å²) in [5, 5.41) is 0. The van der Waals surface area contributed by atoms with Gasteiger partial charge in [0.1, 0.15) is 7.05 Å². The van der Waals surface area contributed by atoms with Gasteiger partial charge in [-0.3, -0.25) is 0 Å². The molecule has 0 radical (unpaired) electrons. The van der Waals surface area contributed by atoms with Crippen LogP contribution in [0.15, 0.2) is 42.6 Å². The van der Waals surface area contributed by atoms with Gasteiger partial charge in [-0.2, -0.15) is 0 Å². The molecule has 0 atom stereocenters. The van der Waals surface area contributed by atoms with E-state index in [9.17, 15) is 0 Å². The third-order valence-electron chi connectivity index (χ3n) is 6.12. The molecule has 0 bridgehead atoms. The Morgan fingerprint density at radius 1 is 0.840 bits per heavy atom. The highest BCUT2D eigenvalue weighted by Crippen LogP contribution is 2.44. The first-order valence-electron chi connectivity index (χ1n) is 9.36. The van der Waals surface area contributed by atoms with E-state index < -0.39 is 0 Å². The third-order valence-corrected chi connectivity index (χ3v) is 6.12. The average molecular weight is 326 g/mol. The van der Waals surface area contributed by atoms with E-state index in [2.05, 4.69) is 68.1 Å². The fourth-order valence-electron chi connectivity index (χ4n) is 4.91. The van der Waals surface area contributed by atoms with Gasteiger partial charge < -0.3 is 0 Å². The molecule has 0 aliphatic heterocycles. The Morgan fingerprint density at radius 2 is 1.64 bits per heavy atom. The van der Waals surface area contributed by atoms with E-state index >= 15 is 0 Å². The average Bonchev–Trinajstić information content (AvgIpc) is 3.18. The Hall–Kier alpha value is -2.41. The van der Waals surface area contributed by atoms with Crippen molar-refractivity contribution in [1.29, 1.82) is 0 Å². The van der Waals surface area contributed by atoms with Gasteiger partial charge in [-0.1, -0.05) is 30.3 Å². The Bertz CT molecular complexity index is 1030. The van der Waals surface area contributed by atoms with Gasteiger partial charge in [0.15, 0.2) is 6.20 Å². The number of rotatable bonds is 1. The Morgan fingerprint density at radius 3 is 2.52 bits per heavy atom. The van der Waals surface area contributed by atoms with Gasteiger partial charge in [-0.15, -0.1) is 0 Å². The van der Waals surface area contributed by atoms with Crippen LogP contribution < -0.4 is 4.57 Å². The van der Waals surface area contributed by atoms with Crippen molar-refractivity contribution < 1.29 is 4.57 Å². The minimum Gasteiger partial charge on any atom is -0.201 e. The van der Waals surface area contributed by atoms with Gasteiger partial charge >= 0.3 is 0 Å². The van der Waals surface area contributed by atoms with E-state index in [1.54, 1.807) is 5.56 Å². The lowest BCUT2D eigenvalue weighted by Gasteiger charge is -2.12. The van der Waals surface area contributed by atoms with E-state index in [1.807, 2.05) is 0 Å². The fraction of sp³-hybridized carbons (Fsp3) is 0.292. The van der Waals surface area contributed by atoms with Crippen molar-refractivity contribution in [3.63, 3.8) is 0 Å². The summed E-state index contributed by atoms with van der Waals surface area (Å²) < 4.78 is 2.35. The molecular weight excluding hydrogens is 302 g/mol. The molecule has 2 aliphatic carbocycles. The highest BCUT2D eigenvalue weighted by atomic mass is 14.9. The van der Waals surface area contributed by atoms with Crippen LogP contribution in [0, 0.1) is 13.8 Å². The van der Waals surface area contributed by atoms with Crippen LogP contribution in [0.25, 0.3) is 22.4 Å². The fourth-order valence-corrected chi connectivity index (χ4v) is 4.91. The molecular formula is C24H24N+. The zero-order chi connectivity index (χ0) is 17.1. The molecule has 1 nitrogen and oxygen atoms in total. The predicted octanol–water partition coefficient (Wildman–Crippen LogP) is 4.85. The Balaban J connectivity index is 1.78. The van der Waals surface area contributed by atoms with Crippen LogP contribution >= 0.6 is 0 Å². The second-order valence-corrected chi connectivity index (χ2v) is 7.74. The molecule has 3 aromatic rings. The monoisotopic (exact) mass is 326 g/mol. The zero-order valence-corrected chi connectivity index (χ0v) is 15.3. The normalized spacial score (nSPS) is 14.4. The molecule has 124 valence electrons. The second kappa shape index (κ2) is 5.29. The number of benzene rings is 2. The standard InChI is InChI=1S/C24H24N/c1-15-6-4-8-18-12-21-20(23(15)18)11-10-16(2)24(21)22-13-17-7-5-9-19(17)14-25(22)3/h4,6,8,10-11,13-14H,5,7,9,12H2,1-3H3/q+1. The lowest BCUT2D eigenvalue weighted by Crippen LogP contribution is -2.32. The molecule has 0 spiro atoms. The Kier molecular flexibility index (Phi) is 3.15. The first-order valence-corrected chi connectivity index (χ1v) is 9.36. The molecule has 1 aromatic heterocycles. The molecule has 5 rings (SSSR count). The van der Waals surface area contributed by atoms with Crippen molar-refractivity contribution in [1.82, 2.24) is 0 Å². The maximum absolute atomic E-state index is 2.46. The molecule has 1 heteroatoms. The van der Waals surface area contributed by atoms with Crippen molar-refractivity contribution in [2.75, 3.05) is 0 Å². The molecule has 1 heterocycles. The third kappa shape index (κ3) is 2.12. The first kappa shape index (κ1) is 14.9. The lowest BCUT2D eigenvalue weighted by atomic mass is 9.92. The number of aromatic nitrogens is 1. The molecule has 0 saturated heterocycles. The van der Waals surface area contributed by atoms with E-state index in [0.717, 1.165) is 6.42 Å². The molecule has 0 amide bonds.